The van der Waals surface area contributed by atoms with Crippen LogP contribution in [0.5, 0.6) is 0 Å². The molecule has 2 rings (SSSR count). The van der Waals surface area contributed by atoms with Gasteiger partial charge in [-0.3, -0.25) is 14.2 Å². The number of esters is 1. The van der Waals surface area contributed by atoms with E-state index in [4.69, 9.17) is 0 Å². The Morgan fingerprint density at radius 3 is 2.63 bits per heavy atom. The van der Waals surface area contributed by atoms with Crippen molar-refractivity contribution in [1.29, 1.82) is 10.5 Å². The molecular weight excluding hydrogens is 362 g/mol. The van der Waals surface area contributed by atoms with E-state index in [0.717, 1.165) is 28.0 Å². The van der Waals surface area contributed by atoms with E-state index in [1.807, 2.05) is 44.2 Å². The Balaban J connectivity index is 2.62. The van der Waals surface area contributed by atoms with Gasteiger partial charge in [0, 0.05) is 13.0 Å². The van der Waals surface area contributed by atoms with E-state index < -0.39 is 0 Å². The third-order valence-corrected chi connectivity index (χ3v) is 5.19. The molecule has 0 aliphatic rings. The maximum atomic E-state index is 12.9. The van der Waals surface area contributed by atoms with E-state index in [0.29, 0.717) is 15.6 Å². The molecule has 0 unspecified atom stereocenters. The van der Waals surface area contributed by atoms with Gasteiger partial charge in [-0.05, 0) is 37.5 Å². The number of carbonyl (C=O) groups is 1. The Morgan fingerprint density at radius 2 is 2.00 bits per heavy atom. The number of nitriles is 2. The third-order valence-electron chi connectivity index (χ3n) is 4.06. The number of aryl methyl sites for hydroxylation is 2. The number of hydrogen-bond acceptors (Lipinski definition) is 6. The molecule has 0 N–H and O–H groups in total. The fraction of sp³-hybridized carbons (Fsp3) is 0.300. The molecule has 1 aromatic heterocycles. The summed E-state index contributed by atoms with van der Waals surface area (Å²) in [6, 6.07) is 9.64. The van der Waals surface area contributed by atoms with Gasteiger partial charge in [0.15, 0.2) is 5.57 Å². The maximum Gasteiger partial charge on any atom is 0.305 e. The predicted molar refractivity (Wildman–Crippen MR) is 103 cm³/mol. The molecule has 7 heteroatoms. The number of thiazole rings is 1. The molecule has 6 nitrogen and oxygen atoms in total. The van der Waals surface area contributed by atoms with Gasteiger partial charge in [0.1, 0.15) is 16.8 Å². The van der Waals surface area contributed by atoms with Crippen LogP contribution in [-0.2, 0) is 16.1 Å². The predicted octanol–water partition coefficient (Wildman–Crippen LogP) is 1.51. The molecule has 0 radical (unpaired) electrons. The molecule has 0 bridgehead atoms. The average molecular weight is 381 g/mol. The Labute approximate surface area is 160 Å². The Hall–Kier alpha value is -3.16. The van der Waals surface area contributed by atoms with Crippen molar-refractivity contribution in [3.63, 3.8) is 0 Å². The van der Waals surface area contributed by atoms with Crippen molar-refractivity contribution < 1.29 is 9.53 Å². The lowest BCUT2D eigenvalue weighted by Gasteiger charge is -2.02. The molecule has 138 valence electrons. The maximum absolute atomic E-state index is 12.9. The smallest absolute Gasteiger partial charge is 0.305 e. The Bertz CT molecular complexity index is 1110. The number of aromatic nitrogens is 1. The third kappa shape index (κ3) is 4.72. The van der Waals surface area contributed by atoms with Crippen LogP contribution in [0.15, 0.2) is 23.0 Å². The Kier molecular flexibility index (Phi) is 6.70. The number of methoxy groups -OCH3 is 1. The van der Waals surface area contributed by atoms with E-state index in [1.54, 1.807) is 6.08 Å². The van der Waals surface area contributed by atoms with E-state index in [-0.39, 0.29) is 30.1 Å². The molecule has 0 aliphatic heterocycles. The number of carbonyl (C=O) groups excluding carboxylic acids is 1. The second kappa shape index (κ2) is 8.98. The quantitative estimate of drug-likeness (QED) is 0.732. The van der Waals surface area contributed by atoms with Gasteiger partial charge in [-0.15, -0.1) is 11.3 Å². The van der Waals surface area contributed by atoms with Crippen LogP contribution in [0.2, 0.25) is 0 Å². The number of benzene rings is 1. The summed E-state index contributed by atoms with van der Waals surface area (Å²) in [5, 5.41) is 18.4. The molecule has 0 spiro atoms. The number of rotatable bonds is 5. The fourth-order valence-electron chi connectivity index (χ4n) is 2.57. The first-order chi connectivity index (χ1) is 12.9. The first-order valence-electron chi connectivity index (χ1n) is 8.31. The van der Waals surface area contributed by atoms with Crippen LogP contribution >= 0.6 is 11.3 Å². The Morgan fingerprint density at radius 1 is 1.30 bits per heavy atom. The summed E-state index contributed by atoms with van der Waals surface area (Å²) in [6.45, 7) is 4.16. The highest BCUT2D eigenvalue weighted by Gasteiger charge is 2.10. The van der Waals surface area contributed by atoms with Crippen molar-refractivity contribution in [2.75, 3.05) is 7.11 Å². The SMILES string of the molecule is COC(=O)CCCn1c(=C(C#N)C#N)s/c(=C/c2cc(C)ccc2C)c1=O. The van der Waals surface area contributed by atoms with Gasteiger partial charge in [-0.25, -0.2) is 0 Å². The first-order valence-corrected chi connectivity index (χ1v) is 9.12. The van der Waals surface area contributed by atoms with Crippen molar-refractivity contribution in [1.82, 2.24) is 4.57 Å². The van der Waals surface area contributed by atoms with Crippen molar-refractivity contribution in [3.05, 3.63) is 54.4 Å². The summed E-state index contributed by atoms with van der Waals surface area (Å²) < 4.78 is 6.76. The van der Waals surface area contributed by atoms with Gasteiger partial charge in [0.2, 0.25) is 0 Å². The largest absolute Gasteiger partial charge is 0.469 e. The number of nitrogens with zero attached hydrogens (tertiary/aromatic N) is 3. The lowest BCUT2D eigenvalue weighted by Crippen LogP contribution is -2.32. The summed E-state index contributed by atoms with van der Waals surface area (Å²) in [6.07, 6.45) is 2.31. The molecule has 27 heavy (non-hydrogen) atoms. The van der Waals surface area contributed by atoms with Crippen LogP contribution in [0.1, 0.15) is 29.5 Å². The molecule has 0 atom stereocenters. The zero-order chi connectivity index (χ0) is 20.0. The standard InChI is InChI=1S/C20H19N3O3S/c1-13-6-7-14(2)15(9-13)10-17-19(25)23(8-4-5-18(24)26-3)20(27-17)16(11-21)12-22/h6-7,9-10H,4-5,8H2,1-3H3/b17-10+. The zero-order valence-electron chi connectivity index (χ0n) is 15.4. The fourth-order valence-corrected chi connectivity index (χ4v) is 3.64. The van der Waals surface area contributed by atoms with Crippen molar-refractivity contribution in [3.8, 4) is 12.1 Å². The zero-order valence-corrected chi connectivity index (χ0v) is 16.2. The molecule has 0 saturated heterocycles. The van der Waals surface area contributed by atoms with Crippen molar-refractivity contribution in [2.45, 2.75) is 33.2 Å². The monoisotopic (exact) mass is 381 g/mol. The lowest BCUT2D eigenvalue weighted by atomic mass is 10.1. The summed E-state index contributed by atoms with van der Waals surface area (Å²) in [4.78, 5) is 24.2. The minimum absolute atomic E-state index is 0.115. The van der Waals surface area contributed by atoms with E-state index in [9.17, 15) is 20.1 Å². The summed E-state index contributed by atoms with van der Waals surface area (Å²) in [7, 11) is 1.30. The van der Waals surface area contributed by atoms with Gasteiger partial charge >= 0.3 is 5.97 Å². The van der Waals surface area contributed by atoms with Crippen LogP contribution in [0.25, 0.3) is 11.6 Å². The molecule has 0 saturated carbocycles. The highest BCUT2D eigenvalue weighted by Crippen LogP contribution is 2.11. The van der Waals surface area contributed by atoms with E-state index in [1.165, 1.54) is 11.7 Å². The first kappa shape index (κ1) is 20.2. The molecule has 0 amide bonds. The van der Waals surface area contributed by atoms with Crippen molar-refractivity contribution in [2.24, 2.45) is 0 Å². The highest BCUT2D eigenvalue weighted by atomic mass is 32.1. The van der Waals surface area contributed by atoms with Gasteiger partial charge in [0.25, 0.3) is 5.56 Å². The average Bonchev–Trinajstić information content (AvgIpc) is 2.95. The minimum Gasteiger partial charge on any atom is -0.469 e. The van der Waals surface area contributed by atoms with Crippen LogP contribution in [0, 0.1) is 36.5 Å². The summed E-state index contributed by atoms with van der Waals surface area (Å²) >= 11 is 1.11. The van der Waals surface area contributed by atoms with Crippen LogP contribution in [0.4, 0.5) is 0 Å². The normalized spacial score (nSPS) is 10.9. The number of ether oxygens (including phenoxy) is 1. The van der Waals surface area contributed by atoms with Crippen molar-refractivity contribution >= 4 is 29.0 Å². The molecule has 1 heterocycles. The molecule has 1 aromatic carbocycles. The molecule has 2 aromatic rings. The van der Waals surface area contributed by atoms with Crippen LogP contribution in [-0.4, -0.2) is 17.6 Å². The van der Waals surface area contributed by atoms with Crippen LogP contribution in [0.3, 0.4) is 0 Å². The van der Waals surface area contributed by atoms with Gasteiger partial charge in [-0.1, -0.05) is 23.8 Å². The second-order valence-electron chi connectivity index (χ2n) is 6.01. The highest BCUT2D eigenvalue weighted by molar-refractivity contribution is 7.07. The molecule has 0 fully saturated rings. The summed E-state index contributed by atoms with van der Waals surface area (Å²) in [5.74, 6) is -0.369. The van der Waals surface area contributed by atoms with Gasteiger partial charge < -0.3 is 4.74 Å². The van der Waals surface area contributed by atoms with Crippen LogP contribution < -0.4 is 14.8 Å². The number of hydrogen-bond donors (Lipinski definition) is 0. The van der Waals surface area contributed by atoms with Gasteiger partial charge in [-0.2, -0.15) is 10.5 Å². The lowest BCUT2D eigenvalue weighted by molar-refractivity contribution is -0.140. The second-order valence-corrected chi connectivity index (χ2v) is 7.04. The summed E-state index contributed by atoms with van der Waals surface area (Å²) in [5.41, 5.74) is 2.62. The van der Waals surface area contributed by atoms with E-state index in [2.05, 4.69) is 4.74 Å². The van der Waals surface area contributed by atoms with Gasteiger partial charge in [0.05, 0.1) is 11.6 Å². The molecule has 0 aliphatic carbocycles. The van der Waals surface area contributed by atoms with E-state index >= 15 is 0 Å². The minimum atomic E-state index is -0.369. The molecular formula is C20H19N3O3S. The topological polar surface area (TPSA) is 95.9 Å².